The van der Waals surface area contributed by atoms with Gasteiger partial charge in [0.2, 0.25) is 0 Å². The van der Waals surface area contributed by atoms with Gasteiger partial charge in [-0.05, 0) is 61.4 Å². The monoisotopic (exact) mass is 376 g/mol. The molecule has 0 radical (unpaired) electrons. The fraction of sp³-hybridized carbons (Fsp3) is 0.292. The third-order valence-electron chi connectivity index (χ3n) is 4.93. The number of amides is 1. The van der Waals surface area contributed by atoms with Crippen LogP contribution in [0.3, 0.4) is 0 Å². The molecule has 3 aromatic carbocycles. The van der Waals surface area contributed by atoms with Gasteiger partial charge in [-0.25, -0.2) is 0 Å². The lowest BCUT2D eigenvalue weighted by Crippen LogP contribution is -2.35. The highest BCUT2D eigenvalue weighted by atomic mass is 16.5. The van der Waals surface area contributed by atoms with Crippen molar-refractivity contribution in [3.8, 4) is 5.75 Å². The minimum Gasteiger partial charge on any atom is -0.481 e. The number of carbonyl (C=O) groups excluding carboxylic acids is 1. The third-order valence-corrected chi connectivity index (χ3v) is 4.93. The first-order valence-corrected chi connectivity index (χ1v) is 9.87. The van der Waals surface area contributed by atoms with E-state index in [2.05, 4.69) is 54.4 Å². The molecule has 3 aromatic rings. The standard InChI is InChI=1S/C24H28N2O2/c1-4-26(5-2)22-13-10-19(11-14-22)17-25-24(27)18(3)28-23-15-12-20-8-6-7-9-21(20)16-23/h6-16,18H,4-5,17H2,1-3H3,(H,25,27). The number of carbonyl (C=O) groups is 1. The molecule has 0 aromatic heterocycles. The van der Waals surface area contributed by atoms with Crippen molar-refractivity contribution in [1.29, 1.82) is 0 Å². The van der Waals surface area contributed by atoms with Crippen LogP contribution in [0.25, 0.3) is 10.8 Å². The first-order chi connectivity index (χ1) is 13.6. The molecule has 1 N–H and O–H groups in total. The van der Waals surface area contributed by atoms with Gasteiger partial charge in [-0.3, -0.25) is 4.79 Å². The summed E-state index contributed by atoms with van der Waals surface area (Å²) in [4.78, 5) is 14.7. The topological polar surface area (TPSA) is 41.6 Å². The van der Waals surface area contributed by atoms with Gasteiger partial charge in [0.15, 0.2) is 6.10 Å². The summed E-state index contributed by atoms with van der Waals surface area (Å²) in [6.07, 6.45) is -0.559. The highest BCUT2D eigenvalue weighted by Gasteiger charge is 2.14. The van der Waals surface area contributed by atoms with E-state index in [1.165, 1.54) is 5.69 Å². The molecular formula is C24H28N2O2. The second-order valence-corrected chi connectivity index (χ2v) is 6.83. The molecule has 1 unspecified atom stereocenters. The average molecular weight is 377 g/mol. The summed E-state index contributed by atoms with van der Waals surface area (Å²) >= 11 is 0. The van der Waals surface area contributed by atoms with E-state index in [9.17, 15) is 4.79 Å². The van der Waals surface area contributed by atoms with Crippen LogP contribution in [0.5, 0.6) is 5.75 Å². The molecule has 28 heavy (non-hydrogen) atoms. The van der Waals surface area contributed by atoms with Crippen molar-refractivity contribution in [1.82, 2.24) is 5.32 Å². The zero-order chi connectivity index (χ0) is 19.9. The van der Waals surface area contributed by atoms with Crippen LogP contribution >= 0.6 is 0 Å². The minimum absolute atomic E-state index is 0.124. The molecule has 0 aliphatic carbocycles. The van der Waals surface area contributed by atoms with Crippen LogP contribution in [0.1, 0.15) is 26.3 Å². The fourth-order valence-corrected chi connectivity index (χ4v) is 3.24. The number of hydrogen-bond acceptors (Lipinski definition) is 3. The van der Waals surface area contributed by atoms with Gasteiger partial charge in [-0.1, -0.05) is 42.5 Å². The average Bonchev–Trinajstić information content (AvgIpc) is 2.73. The zero-order valence-corrected chi connectivity index (χ0v) is 16.8. The third kappa shape index (κ3) is 4.83. The number of ether oxygens (including phenoxy) is 1. The van der Waals surface area contributed by atoms with E-state index in [0.29, 0.717) is 12.3 Å². The van der Waals surface area contributed by atoms with Crippen LogP contribution in [0, 0.1) is 0 Å². The van der Waals surface area contributed by atoms with Gasteiger partial charge < -0.3 is 15.0 Å². The number of nitrogens with zero attached hydrogens (tertiary/aromatic N) is 1. The van der Waals surface area contributed by atoms with E-state index < -0.39 is 6.10 Å². The van der Waals surface area contributed by atoms with Crippen LogP contribution in [0.2, 0.25) is 0 Å². The first kappa shape index (κ1) is 19.7. The van der Waals surface area contributed by atoms with Crippen molar-refractivity contribution < 1.29 is 9.53 Å². The zero-order valence-electron chi connectivity index (χ0n) is 16.8. The largest absolute Gasteiger partial charge is 0.481 e. The van der Waals surface area contributed by atoms with Crippen molar-refractivity contribution in [2.75, 3.05) is 18.0 Å². The Morgan fingerprint density at radius 1 is 0.964 bits per heavy atom. The van der Waals surface area contributed by atoms with Crippen LogP contribution in [-0.4, -0.2) is 25.1 Å². The Kier molecular flexibility index (Phi) is 6.53. The maximum absolute atomic E-state index is 12.4. The Bertz CT molecular complexity index is 917. The summed E-state index contributed by atoms with van der Waals surface area (Å²) in [5.41, 5.74) is 2.27. The van der Waals surface area contributed by atoms with Gasteiger partial charge in [0.25, 0.3) is 5.91 Å². The highest BCUT2D eigenvalue weighted by molar-refractivity contribution is 5.84. The van der Waals surface area contributed by atoms with Gasteiger partial charge in [-0.2, -0.15) is 0 Å². The molecule has 0 spiro atoms. The molecule has 0 saturated heterocycles. The number of anilines is 1. The Balaban J connectivity index is 1.55. The van der Waals surface area contributed by atoms with Crippen LogP contribution in [0.15, 0.2) is 66.7 Å². The molecule has 4 heteroatoms. The quantitative estimate of drug-likeness (QED) is 0.616. The molecule has 3 rings (SSSR count). The SMILES string of the molecule is CCN(CC)c1ccc(CNC(=O)C(C)Oc2ccc3ccccc3c2)cc1. The van der Waals surface area contributed by atoms with Crippen LogP contribution < -0.4 is 15.0 Å². The van der Waals surface area contributed by atoms with Crippen LogP contribution in [0.4, 0.5) is 5.69 Å². The lowest BCUT2D eigenvalue weighted by atomic mass is 10.1. The predicted molar refractivity (Wildman–Crippen MR) is 116 cm³/mol. The molecular weight excluding hydrogens is 348 g/mol. The summed E-state index contributed by atoms with van der Waals surface area (Å²) in [5.74, 6) is 0.575. The lowest BCUT2D eigenvalue weighted by Gasteiger charge is -2.21. The fourth-order valence-electron chi connectivity index (χ4n) is 3.24. The Hall–Kier alpha value is -3.01. The van der Waals surface area contributed by atoms with Gasteiger partial charge in [0.1, 0.15) is 5.75 Å². The molecule has 0 aliphatic rings. The predicted octanol–water partition coefficient (Wildman–Crippen LogP) is 4.77. The summed E-state index contributed by atoms with van der Waals surface area (Å²) in [5, 5.41) is 5.21. The molecule has 0 heterocycles. The van der Waals surface area contributed by atoms with Gasteiger partial charge >= 0.3 is 0 Å². The van der Waals surface area contributed by atoms with Gasteiger partial charge in [-0.15, -0.1) is 0 Å². The highest BCUT2D eigenvalue weighted by Crippen LogP contribution is 2.21. The molecule has 0 fully saturated rings. The summed E-state index contributed by atoms with van der Waals surface area (Å²) in [6.45, 7) is 8.52. The number of fused-ring (bicyclic) bond motifs is 1. The van der Waals surface area contributed by atoms with Crippen molar-refractivity contribution in [2.45, 2.75) is 33.4 Å². The molecule has 1 amide bonds. The van der Waals surface area contributed by atoms with E-state index in [4.69, 9.17) is 4.74 Å². The van der Waals surface area contributed by atoms with Gasteiger partial charge in [0.05, 0.1) is 0 Å². The summed E-state index contributed by atoms with van der Waals surface area (Å²) in [6, 6.07) is 22.3. The molecule has 1 atom stereocenters. The van der Waals surface area contributed by atoms with E-state index in [-0.39, 0.29) is 5.91 Å². The number of rotatable bonds is 8. The number of hydrogen-bond donors (Lipinski definition) is 1. The lowest BCUT2D eigenvalue weighted by molar-refractivity contribution is -0.127. The Morgan fingerprint density at radius 2 is 1.64 bits per heavy atom. The Labute approximate surface area is 167 Å². The Morgan fingerprint density at radius 3 is 2.32 bits per heavy atom. The maximum Gasteiger partial charge on any atom is 0.261 e. The smallest absolute Gasteiger partial charge is 0.261 e. The van der Waals surface area contributed by atoms with Crippen LogP contribution in [-0.2, 0) is 11.3 Å². The molecule has 0 aliphatic heterocycles. The summed E-state index contributed by atoms with van der Waals surface area (Å²) in [7, 11) is 0. The second kappa shape index (κ2) is 9.27. The van der Waals surface area contributed by atoms with E-state index in [0.717, 1.165) is 29.4 Å². The van der Waals surface area contributed by atoms with E-state index in [1.807, 2.05) is 36.4 Å². The molecule has 0 saturated carbocycles. The number of nitrogens with one attached hydrogen (secondary N) is 1. The minimum atomic E-state index is -0.559. The normalized spacial score (nSPS) is 11.8. The van der Waals surface area contributed by atoms with Gasteiger partial charge in [0, 0.05) is 25.3 Å². The summed E-state index contributed by atoms with van der Waals surface area (Å²) < 4.78 is 5.83. The van der Waals surface area contributed by atoms with Crippen molar-refractivity contribution >= 4 is 22.4 Å². The number of benzene rings is 3. The maximum atomic E-state index is 12.4. The van der Waals surface area contributed by atoms with E-state index >= 15 is 0 Å². The molecule has 4 nitrogen and oxygen atoms in total. The first-order valence-electron chi connectivity index (χ1n) is 9.87. The molecule has 0 bridgehead atoms. The van der Waals surface area contributed by atoms with Crippen molar-refractivity contribution in [3.05, 3.63) is 72.3 Å². The second-order valence-electron chi connectivity index (χ2n) is 6.83. The molecule has 146 valence electrons. The van der Waals surface area contributed by atoms with Crippen molar-refractivity contribution in [3.63, 3.8) is 0 Å². The van der Waals surface area contributed by atoms with E-state index in [1.54, 1.807) is 6.92 Å². The van der Waals surface area contributed by atoms with Crippen molar-refractivity contribution in [2.24, 2.45) is 0 Å².